The van der Waals surface area contributed by atoms with Crippen LogP contribution in [0.3, 0.4) is 0 Å². The summed E-state index contributed by atoms with van der Waals surface area (Å²) in [7, 11) is 0. The maximum Gasteiger partial charge on any atom is 0.338 e. The molecule has 10 atom stereocenters. The molecular formula is C48H46O19. The zero-order valence-electron chi connectivity index (χ0n) is 36.5. The molecule has 0 bridgehead atoms. The quantitative estimate of drug-likeness (QED) is 0.112. The molecule has 19 heteroatoms. The Kier molecular flexibility index (Phi) is 16.9. The average Bonchev–Trinajstić information content (AvgIpc) is 3.31. The van der Waals surface area contributed by atoms with Crippen LogP contribution in [0, 0.1) is 0 Å². The molecule has 4 aromatic carbocycles. The summed E-state index contributed by atoms with van der Waals surface area (Å²) in [6, 6.07) is 30.7. The summed E-state index contributed by atoms with van der Waals surface area (Å²) in [4.78, 5) is 106. The van der Waals surface area contributed by atoms with Crippen LogP contribution in [0.5, 0.6) is 0 Å². The van der Waals surface area contributed by atoms with Crippen molar-refractivity contribution in [3.63, 3.8) is 0 Å². The SMILES string of the molecule is CC(=O)OC[C@H]1O[C@@H](OC(C)=O)[C@@H](O[C@H]2O[C@H](COC(=O)c3ccccc3)[C@@H](OC(=O)c3ccccc3)[C@H](OC(=O)c3ccccc3)[C@@H]2OC(=O)c2ccccc2)[C@@H](OC(C)=O)[C@@H]1OC(C)=O. The number of ether oxygens (including phenoxy) is 11. The van der Waals surface area contributed by atoms with Crippen molar-refractivity contribution < 1.29 is 90.5 Å². The number of hydrogen-bond acceptors (Lipinski definition) is 19. The lowest BCUT2D eigenvalue weighted by molar-refractivity contribution is -0.361. The summed E-state index contributed by atoms with van der Waals surface area (Å²) in [5, 5.41) is 0. The van der Waals surface area contributed by atoms with E-state index in [1.807, 2.05) is 0 Å². The van der Waals surface area contributed by atoms with E-state index in [1.165, 1.54) is 48.5 Å². The molecular weight excluding hydrogens is 881 g/mol. The number of carbonyl (C=O) groups is 8. The normalized spacial score (nSPS) is 24.4. The Labute approximate surface area is 383 Å². The van der Waals surface area contributed by atoms with Crippen molar-refractivity contribution in [1.29, 1.82) is 0 Å². The van der Waals surface area contributed by atoms with Crippen LogP contribution >= 0.6 is 0 Å². The number of hydrogen-bond donors (Lipinski definition) is 0. The fourth-order valence-corrected chi connectivity index (χ4v) is 7.07. The van der Waals surface area contributed by atoms with Crippen LogP contribution in [-0.4, -0.2) is 122 Å². The van der Waals surface area contributed by atoms with Crippen molar-refractivity contribution in [3.8, 4) is 0 Å². The van der Waals surface area contributed by atoms with Gasteiger partial charge >= 0.3 is 47.8 Å². The predicted molar refractivity (Wildman–Crippen MR) is 225 cm³/mol. The summed E-state index contributed by atoms with van der Waals surface area (Å²) in [6.45, 7) is 2.83. The summed E-state index contributed by atoms with van der Waals surface area (Å²) < 4.78 is 64.9. The van der Waals surface area contributed by atoms with E-state index < -0.39 is 122 Å². The highest BCUT2D eigenvalue weighted by molar-refractivity contribution is 5.91. The van der Waals surface area contributed by atoms with Gasteiger partial charge in [-0.05, 0) is 48.5 Å². The maximum atomic E-state index is 14.1. The van der Waals surface area contributed by atoms with Gasteiger partial charge in [-0.25, -0.2) is 19.2 Å². The van der Waals surface area contributed by atoms with Gasteiger partial charge in [0.2, 0.25) is 6.29 Å². The third-order valence-corrected chi connectivity index (χ3v) is 9.96. The van der Waals surface area contributed by atoms with E-state index in [-0.39, 0.29) is 22.3 Å². The zero-order chi connectivity index (χ0) is 48.0. The van der Waals surface area contributed by atoms with Crippen molar-refractivity contribution in [2.75, 3.05) is 13.2 Å². The van der Waals surface area contributed by atoms with Crippen molar-refractivity contribution >= 4 is 47.8 Å². The molecule has 0 saturated carbocycles. The molecule has 0 aliphatic carbocycles. The molecule has 2 aliphatic rings. The van der Waals surface area contributed by atoms with Gasteiger partial charge in [0.25, 0.3) is 0 Å². The number of esters is 8. The van der Waals surface area contributed by atoms with E-state index in [0.29, 0.717) is 0 Å². The van der Waals surface area contributed by atoms with E-state index in [0.717, 1.165) is 27.7 Å². The molecule has 0 N–H and O–H groups in total. The Bertz CT molecular complexity index is 2360. The van der Waals surface area contributed by atoms with Gasteiger partial charge in [-0.2, -0.15) is 0 Å². The monoisotopic (exact) mass is 926 g/mol. The smallest absolute Gasteiger partial charge is 0.338 e. The molecule has 2 heterocycles. The van der Waals surface area contributed by atoms with E-state index in [4.69, 9.17) is 52.1 Å². The van der Waals surface area contributed by atoms with Gasteiger partial charge in [0.1, 0.15) is 25.4 Å². The molecule has 2 fully saturated rings. The van der Waals surface area contributed by atoms with Crippen LogP contribution < -0.4 is 0 Å². The molecule has 0 radical (unpaired) electrons. The molecule has 2 aliphatic heterocycles. The molecule has 352 valence electrons. The minimum Gasteiger partial charge on any atom is -0.463 e. The number of rotatable bonds is 16. The van der Waals surface area contributed by atoms with Gasteiger partial charge in [0, 0.05) is 27.7 Å². The average molecular weight is 927 g/mol. The summed E-state index contributed by atoms with van der Waals surface area (Å²) in [5.41, 5.74) is 0.164. The van der Waals surface area contributed by atoms with E-state index in [9.17, 15) is 38.4 Å². The number of carbonyl (C=O) groups excluding carboxylic acids is 8. The summed E-state index contributed by atoms with van der Waals surface area (Å²) in [6.07, 6.45) is -17.9. The largest absolute Gasteiger partial charge is 0.463 e. The third-order valence-electron chi connectivity index (χ3n) is 9.96. The van der Waals surface area contributed by atoms with Crippen LogP contribution in [-0.2, 0) is 71.3 Å². The van der Waals surface area contributed by atoms with Gasteiger partial charge in [-0.1, -0.05) is 72.8 Å². The Morgan fingerprint density at radius 1 is 0.358 bits per heavy atom. The molecule has 0 spiro atoms. The van der Waals surface area contributed by atoms with E-state index in [1.54, 1.807) is 72.8 Å². The highest BCUT2D eigenvalue weighted by atomic mass is 16.8. The molecule has 19 nitrogen and oxygen atoms in total. The van der Waals surface area contributed by atoms with Gasteiger partial charge in [-0.3, -0.25) is 19.2 Å². The molecule has 0 amide bonds. The molecule has 2 saturated heterocycles. The second kappa shape index (κ2) is 23.1. The second-order valence-corrected chi connectivity index (χ2v) is 14.9. The summed E-state index contributed by atoms with van der Waals surface area (Å²) in [5.74, 6) is -7.45. The molecule has 67 heavy (non-hydrogen) atoms. The number of benzene rings is 4. The van der Waals surface area contributed by atoms with Gasteiger partial charge in [0.15, 0.2) is 42.9 Å². The van der Waals surface area contributed by atoms with Crippen LogP contribution in [0.1, 0.15) is 69.1 Å². The molecule has 4 aromatic rings. The highest BCUT2D eigenvalue weighted by Gasteiger charge is 2.58. The second-order valence-electron chi connectivity index (χ2n) is 14.9. The standard InChI is InChI=1S/C48H46O19/c1-27(49)57-25-35-37(59-28(2)50)39(60-29(3)51)42(47(62-35)61-30(4)52)67-48-41(66-46(56)34-23-15-8-16-24-34)40(65-45(55)33-21-13-7-14-22-33)38(64-44(54)32-19-11-6-12-20-32)36(63-48)26-58-43(53)31-17-9-5-10-18-31/h5-24,35-42,47-48H,25-26H2,1-4H3/t35-,36-,37-,38-,39+,40+,41+,42+,47-,48-/m1/s1. The van der Waals surface area contributed by atoms with Gasteiger partial charge in [0.05, 0.1) is 22.3 Å². The Hall–Kier alpha value is -7.48. The van der Waals surface area contributed by atoms with Crippen molar-refractivity contribution in [3.05, 3.63) is 144 Å². The molecule has 0 unspecified atom stereocenters. The van der Waals surface area contributed by atoms with Crippen molar-refractivity contribution in [2.45, 2.75) is 89.1 Å². The lowest BCUT2D eigenvalue weighted by Gasteiger charge is -2.48. The van der Waals surface area contributed by atoms with Crippen LogP contribution in [0.15, 0.2) is 121 Å². The summed E-state index contributed by atoms with van der Waals surface area (Å²) >= 11 is 0. The lowest BCUT2D eigenvalue weighted by atomic mass is 9.96. The Morgan fingerprint density at radius 2 is 0.701 bits per heavy atom. The topological polar surface area (TPSA) is 238 Å². The molecule has 6 rings (SSSR count). The van der Waals surface area contributed by atoms with E-state index in [2.05, 4.69) is 0 Å². The van der Waals surface area contributed by atoms with Crippen molar-refractivity contribution in [1.82, 2.24) is 0 Å². The lowest BCUT2D eigenvalue weighted by Crippen LogP contribution is -2.67. The van der Waals surface area contributed by atoms with Gasteiger partial charge < -0.3 is 52.1 Å². The maximum absolute atomic E-state index is 14.1. The first-order chi connectivity index (χ1) is 32.2. The fourth-order valence-electron chi connectivity index (χ4n) is 7.07. The first-order valence-electron chi connectivity index (χ1n) is 20.8. The minimum absolute atomic E-state index is 0.00774. The van der Waals surface area contributed by atoms with Crippen LogP contribution in [0.4, 0.5) is 0 Å². The Balaban J connectivity index is 1.51. The van der Waals surface area contributed by atoms with Gasteiger partial charge in [-0.15, -0.1) is 0 Å². The highest BCUT2D eigenvalue weighted by Crippen LogP contribution is 2.36. The van der Waals surface area contributed by atoms with Crippen molar-refractivity contribution in [2.24, 2.45) is 0 Å². The first kappa shape index (κ1) is 49.0. The minimum atomic E-state index is -2.04. The zero-order valence-corrected chi connectivity index (χ0v) is 36.5. The third kappa shape index (κ3) is 13.3. The Morgan fingerprint density at radius 3 is 1.13 bits per heavy atom. The first-order valence-corrected chi connectivity index (χ1v) is 20.8. The predicted octanol–water partition coefficient (Wildman–Crippen LogP) is 4.34. The van der Waals surface area contributed by atoms with Crippen LogP contribution in [0.25, 0.3) is 0 Å². The molecule has 0 aromatic heterocycles. The van der Waals surface area contributed by atoms with Crippen LogP contribution in [0.2, 0.25) is 0 Å². The van der Waals surface area contributed by atoms with E-state index >= 15 is 0 Å². The fraction of sp³-hybridized carbons (Fsp3) is 0.333.